The maximum atomic E-state index is 5.13. The summed E-state index contributed by atoms with van der Waals surface area (Å²) in [4.78, 5) is 10.2. The van der Waals surface area contributed by atoms with Crippen LogP contribution in [0.4, 0.5) is 11.4 Å². The Morgan fingerprint density at radius 1 is 0.342 bits per heavy atom. The number of para-hydroxylation sites is 1. The van der Waals surface area contributed by atoms with Crippen molar-refractivity contribution >= 4 is 11.4 Å². The zero-order valence-corrected chi connectivity index (χ0v) is 20.6. The average Bonchev–Trinajstić information content (AvgIpc) is 3.56. The number of hydrogen-bond acceptors (Lipinski definition) is 2. The van der Waals surface area contributed by atoms with E-state index in [1.54, 1.807) is 0 Å². The first-order valence-electron chi connectivity index (χ1n) is 12.9. The van der Waals surface area contributed by atoms with Gasteiger partial charge in [-0.1, -0.05) is 109 Å². The monoisotopic (exact) mass is 482 g/mol. The summed E-state index contributed by atoms with van der Waals surface area (Å²) in [6, 6.07) is 47.2. The molecular formula is C36H22N2. The highest BCUT2D eigenvalue weighted by Gasteiger charge is 2.27. The number of nitrogens with zero attached hydrogens (tertiary/aromatic N) is 2. The van der Waals surface area contributed by atoms with Crippen LogP contribution in [-0.4, -0.2) is 0 Å². The van der Waals surface area contributed by atoms with Gasteiger partial charge in [0.15, 0.2) is 0 Å². The lowest BCUT2D eigenvalue weighted by atomic mass is 9.84. The molecule has 176 valence electrons. The lowest BCUT2D eigenvalue weighted by Crippen LogP contribution is -2.01. The van der Waals surface area contributed by atoms with Gasteiger partial charge in [0.05, 0.1) is 22.1 Å². The van der Waals surface area contributed by atoms with E-state index in [0.717, 1.165) is 27.7 Å². The van der Waals surface area contributed by atoms with E-state index in [4.69, 9.17) is 9.98 Å². The predicted octanol–water partition coefficient (Wildman–Crippen LogP) is 8.17. The van der Waals surface area contributed by atoms with Gasteiger partial charge in [-0.2, -0.15) is 0 Å². The van der Waals surface area contributed by atoms with Crippen molar-refractivity contribution in [2.24, 2.45) is 9.98 Å². The molecule has 2 aliphatic rings. The van der Waals surface area contributed by atoms with Crippen LogP contribution < -0.4 is 10.7 Å². The molecule has 2 aliphatic heterocycles. The van der Waals surface area contributed by atoms with E-state index in [1.165, 1.54) is 49.4 Å². The Hall–Kier alpha value is -5.08. The van der Waals surface area contributed by atoms with Crippen molar-refractivity contribution in [1.82, 2.24) is 0 Å². The Labute approximate surface area is 220 Å². The molecule has 0 radical (unpaired) electrons. The Bertz CT molecular complexity index is 2110. The largest absolute Gasteiger partial charge is 0.248 e. The fourth-order valence-electron chi connectivity index (χ4n) is 5.96. The molecular weight excluding hydrogens is 460 g/mol. The molecule has 0 spiro atoms. The Morgan fingerprint density at radius 3 is 1.84 bits per heavy atom. The van der Waals surface area contributed by atoms with E-state index in [-0.39, 0.29) is 0 Å². The van der Waals surface area contributed by atoms with Crippen molar-refractivity contribution in [2.75, 3.05) is 0 Å². The van der Waals surface area contributed by atoms with Gasteiger partial charge in [-0.3, -0.25) is 0 Å². The summed E-state index contributed by atoms with van der Waals surface area (Å²) in [6.45, 7) is 0. The molecule has 6 aromatic rings. The van der Waals surface area contributed by atoms with Crippen LogP contribution in [0.5, 0.6) is 0 Å². The minimum atomic E-state index is 0.987. The Balaban J connectivity index is 1.49. The van der Waals surface area contributed by atoms with Crippen LogP contribution in [0.3, 0.4) is 0 Å². The summed E-state index contributed by atoms with van der Waals surface area (Å²) in [6.07, 6.45) is 0. The second kappa shape index (κ2) is 8.22. The summed E-state index contributed by atoms with van der Waals surface area (Å²) in [7, 11) is 0. The topological polar surface area (TPSA) is 24.7 Å². The Morgan fingerprint density at radius 2 is 1.03 bits per heavy atom. The molecule has 0 aromatic heterocycles. The smallest absolute Gasteiger partial charge is 0.0817 e. The minimum absolute atomic E-state index is 0.987. The van der Waals surface area contributed by atoms with Crippen LogP contribution in [0.2, 0.25) is 0 Å². The van der Waals surface area contributed by atoms with Gasteiger partial charge < -0.3 is 0 Å². The third-order valence-corrected chi connectivity index (χ3v) is 7.62. The number of fused-ring (bicyclic) bond motifs is 6. The van der Waals surface area contributed by atoms with Gasteiger partial charge in [0.25, 0.3) is 0 Å². The normalized spacial score (nSPS) is 12.1. The van der Waals surface area contributed by atoms with Crippen LogP contribution in [0.25, 0.3) is 44.5 Å². The molecule has 0 fully saturated rings. The Kier molecular flexibility index (Phi) is 4.55. The van der Waals surface area contributed by atoms with Gasteiger partial charge in [-0.05, 0) is 57.6 Å². The molecule has 6 aromatic carbocycles. The van der Waals surface area contributed by atoms with Crippen LogP contribution in [-0.2, 0) is 0 Å². The molecule has 38 heavy (non-hydrogen) atoms. The molecule has 0 N–H and O–H groups in total. The fourth-order valence-corrected chi connectivity index (χ4v) is 5.96. The van der Waals surface area contributed by atoms with Crippen molar-refractivity contribution in [3.05, 3.63) is 155 Å². The third kappa shape index (κ3) is 3.07. The molecule has 0 atom stereocenters. The van der Waals surface area contributed by atoms with E-state index < -0.39 is 0 Å². The van der Waals surface area contributed by atoms with Crippen LogP contribution in [0.1, 0.15) is 0 Å². The summed E-state index contributed by atoms with van der Waals surface area (Å²) < 4.78 is 0. The first kappa shape index (κ1) is 21.0. The minimum Gasteiger partial charge on any atom is -0.248 e. The number of rotatable bonds is 3. The zero-order valence-electron chi connectivity index (χ0n) is 20.6. The molecule has 0 saturated carbocycles. The highest BCUT2D eigenvalue weighted by atomic mass is 14.8. The van der Waals surface area contributed by atoms with Crippen LogP contribution >= 0.6 is 0 Å². The van der Waals surface area contributed by atoms with Crippen LogP contribution in [0, 0.1) is 10.4 Å². The summed E-state index contributed by atoms with van der Waals surface area (Å²) >= 11 is 0. The summed E-state index contributed by atoms with van der Waals surface area (Å²) in [5.74, 6) is 0. The van der Waals surface area contributed by atoms with Crippen molar-refractivity contribution in [1.29, 1.82) is 0 Å². The predicted molar refractivity (Wildman–Crippen MR) is 154 cm³/mol. The van der Waals surface area contributed by atoms with Crippen molar-refractivity contribution < 1.29 is 0 Å². The quantitative estimate of drug-likeness (QED) is 0.243. The third-order valence-electron chi connectivity index (χ3n) is 7.62. The molecule has 2 heterocycles. The van der Waals surface area contributed by atoms with E-state index >= 15 is 0 Å². The van der Waals surface area contributed by atoms with Gasteiger partial charge in [0.2, 0.25) is 0 Å². The van der Waals surface area contributed by atoms with Crippen LogP contribution in [0.15, 0.2) is 143 Å². The van der Waals surface area contributed by atoms with Gasteiger partial charge in [-0.15, -0.1) is 0 Å². The maximum Gasteiger partial charge on any atom is 0.0817 e. The molecule has 0 saturated heterocycles. The van der Waals surface area contributed by atoms with E-state index in [1.807, 2.05) is 0 Å². The lowest BCUT2D eigenvalue weighted by Gasteiger charge is -2.19. The molecule has 2 nitrogen and oxygen atoms in total. The number of benzene rings is 6. The summed E-state index contributed by atoms with van der Waals surface area (Å²) in [5.41, 5.74) is 11.5. The first-order valence-corrected chi connectivity index (χ1v) is 12.9. The van der Waals surface area contributed by atoms with Crippen molar-refractivity contribution in [2.45, 2.75) is 0 Å². The first-order chi connectivity index (χ1) is 18.9. The van der Waals surface area contributed by atoms with Gasteiger partial charge in [0, 0.05) is 21.6 Å². The summed E-state index contributed by atoms with van der Waals surface area (Å²) in [5, 5.41) is 4.37. The van der Waals surface area contributed by atoms with Gasteiger partial charge >= 0.3 is 0 Å². The standard InChI is InChI=1S/C36H22N2/c1-3-11-23(12-4-1)25-15-7-8-16-26(25)28-19-21-31-34(33(28)24-13-5-2-6-14-24)35-32(37-31)22-20-29-27-17-9-10-18-30(27)38-36(29)35/h1-22H. The average molecular weight is 483 g/mol. The second-order valence-electron chi connectivity index (χ2n) is 9.76. The SMILES string of the molecule is c1ccc(-c2ccccc2-c2ccc3c(c2-c2ccccc2)-c2c4c(ccc2=N3)=c2ccccc2=N4)cc1. The molecule has 0 aliphatic carbocycles. The molecule has 0 bridgehead atoms. The van der Waals surface area contributed by atoms with Crippen molar-refractivity contribution in [3.63, 3.8) is 0 Å². The van der Waals surface area contributed by atoms with Gasteiger partial charge in [0.1, 0.15) is 0 Å². The van der Waals surface area contributed by atoms with Crippen molar-refractivity contribution in [3.8, 4) is 44.5 Å². The maximum absolute atomic E-state index is 5.13. The zero-order chi connectivity index (χ0) is 25.1. The van der Waals surface area contributed by atoms with Gasteiger partial charge in [-0.25, -0.2) is 9.98 Å². The number of hydrogen-bond donors (Lipinski definition) is 0. The molecule has 2 heteroatoms. The lowest BCUT2D eigenvalue weighted by molar-refractivity contribution is 1.36. The van der Waals surface area contributed by atoms with E-state index in [9.17, 15) is 0 Å². The molecule has 0 amide bonds. The fraction of sp³-hybridized carbons (Fsp3) is 0. The highest BCUT2D eigenvalue weighted by molar-refractivity contribution is 6.05. The second-order valence-corrected chi connectivity index (χ2v) is 9.76. The van der Waals surface area contributed by atoms with E-state index in [2.05, 4.69) is 133 Å². The molecule has 8 rings (SSSR count). The highest BCUT2D eigenvalue weighted by Crippen LogP contribution is 2.50. The van der Waals surface area contributed by atoms with E-state index in [0.29, 0.717) is 0 Å². The molecule has 0 unspecified atom stereocenters.